The number of pyridine rings is 1. The zero-order valence-corrected chi connectivity index (χ0v) is 10.8. The molecule has 0 aromatic carbocycles. The van der Waals surface area contributed by atoms with Crippen molar-refractivity contribution in [1.29, 1.82) is 0 Å². The molecule has 1 saturated heterocycles. The number of hydrogen-bond acceptors (Lipinski definition) is 6. The predicted octanol–water partition coefficient (Wildman–Crippen LogP) is 1.35. The van der Waals surface area contributed by atoms with Gasteiger partial charge in [-0.2, -0.15) is 4.98 Å². The molecule has 1 aliphatic rings. The van der Waals surface area contributed by atoms with Gasteiger partial charge in [-0.3, -0.25) is 9.88 Å². The van der Waals surface area contributed by atoms with Crippen LogP contribution in [0.3, 0.4) is 0 Å². The third kappa shape index (κ3) is 2.97. The Morgan fingerprint density at radius 1 is 1.42 bits per heavy atom. The van der Waals surface area contributed by atoms with Gasteiger partial charge in [0.25, 0.3) is 0 Å². The zero-order chi connectivity index (χ0) is 13.1. The van der Waals surface area contributed by atoms with Gasteiger partial charge in [0.15, 0.2) is 5.82 Å². The van der Waals surface area contributed by atoms with E-state index in [0.29, 0.717) is 19.0 Å². The van der Waals surface area contributed by atoms with Gasteiger partial charge in [0.1, 0.15) is 6.10 Å². The minimum absolute atomic E-state index is 0.0166. The highest BCUT2D eigenvalue weighted by Crippen LogP contribution is 2.20. The lowest BCUT2D eigenvalue weighted by Gasteiger charge is -2.31. The average Bonchev–Trinajstić information content (AvgIpc) is 2.85. The molecule has 6 heteroatoms. The predicted molar refractivity (Wildman–Crippen MR) is 67.2 cm³/mol. The third-order valence-electron chi connectivity index (χ3n) is 3.10. The second-order valence-corrected chi connectivity index (χ2v) is 4.58. The van der Waals surface area contributed by atoms with Crippen molar-refractivity contribution < 1.29 is 9.26 Å². The van der Waals surface area contributed by atoms with Crippen LogP contribution in [0.15, 0.2) is 28.9 Å². The molecule has 3 rings (SSSR count). The summed E-state index contributed by atoms with van der Waals surface area (Å²) in [5.74, 6) is 1.32. The molecule has 0 saturated carbocycles. The lowest BCUT2D eigenvalue weighted by molar-refractivity contribution is -0.0358. The van der Waals surface area contributed by atoms with E-state index in [2.05, 4.69) is 20.0 Å². The summed E-state index contributed by atoms with van der Waals surface area (Å²) in [6, 6.07) is 5.88. The molecule has 1 aliphatic heterocycles. The molecule has 2 aromatic rings. The number of ether oxygens (including phenoxy) is 1. The van der Waals surface area contributed by atoms with E-state index < -0.39 is 0 Å². The molecule has 100 valence electrons. The minimum atomic E-state index is 0.0166. The Hall–Kier alpha value is -1.79. The third-order valence-corrected chi connectivity index (χ3v) is 3.10. The quantitative estimate of drug-likeness (QED) is 0.830. The highest BCUT2D eigenvalue weighted by atomic mass is 16.5. The van der Waals surface area contributed by atoms with E-state index in [1.807, 2.05) is 18.2 Å². The maximum absolute atomic E-state index is 5.77. The van der Waals surface area contributed by atoms with Gasteiger partial charge in [-0.05, 0) is 12.1 Å². The number of aryl methyl sites for hydroxylation is 1. The van der Waals surface area contributed by atoms with Gasteiger partial charge in [0.2, 0.25) is 5.89 Å². The average molecular weight is 260 g/mol. The van der Waals surface area contributed by atoms with Gasteiger partial charge in [0.05, 0.1) is 18.8 Å². The van der Waals surface area contributed by atoms with Crippen molar-refractivity contribution in [2.24, 2.45) is 0 Å². The lowest BCUT2D eigenvalue weighted by atomic mass is 10.2. The van der Waals surface area contributed by atoms with Gasteiger partial charge in [-0.15, -0.1) is 0 Å². The van der Waals surface area contributed by atoms with E-state index in [4.69, 9.17) is 9.26 Å². The van der Waals surface area contributed by atoms with Crippen LogP contribution >= 0.6 is 0 Å². The number of rotatable bonds is 3. The first-order valence-corrected chi connectivity index (χ1v) is 6.35. The molecule has 0 radical (unpaired) electrons. The molecule has 0 N–H and O–H groups in total. The summed E-state index contributed by atoms with van der Waals surface area (Å²) < 4.78 is 10.8. The Labute approximate surface area is 111 Å². The molecular formula is C13H16N4O2. The van der Waals surface area contributed by atoms with Crippen molar-refractivity contribution in [2.45, 2.75) is 19.6 Å². The summed E-state index contributed by atoms with van der Waals surface area (Å²) in [6.07, 6.45) is 1.81. The highest BCUT2D eigenvalue weighted by molar-refractivity contribution is 5.08. The first kappa shape index (κ1) is 12.3. The summed E-state index contributed by atoms with van der Waals surface area (Å²) in [4.78, 5) is 10.8. The maximum Gasteiger partial charge on any atom is 0.223 e. The van der Waals surface area contributed by atoms with Crippen molar-refractivity contribution in [3.05, 3.63) is 41.8 Å². The molecule has 0 aliphatic carbocycles. The second-order valence-electron chi connectivity index (χ2n) is 4.58. The maximum atomic E-state index is 5.77. The topological polar surface area (TPSA) is 64.3 Å². The fraction of sp³-hybridized carbons (Fsp3) is 0.462. The van der Waals surface area contributed by atoms with Crippen LogP contribution in [0.2, 0.25) is 0 Å². The van der Waals surface area contributed by atoms with E-state index >= 15 is 0 Å². The largest absolute Gasteiger partial charge is 0.369 e. The number of hydrogen-bond donors (Lipinski definition) is 0. The normalized spacial score (nSPS) is 20.6. The van der Waals surface area contributed by atoms with Crippen molar-refractivity contribution in [3.8, 4) is 0 Å². The van der Waals surface area contributed by atoms with Crippen LogP contribution in [-0.4, -0.2) is 39.7 Å². The molecule has 0 bridgehead atoms. The Morgan fingerprint density at radius 3 is 3.11 bits per heavy atom. The van der Waals surface area contributed by atoms with E-state index in [-0.39, 0.29) is 6.10 Å². The molecular weight excluding hydrogens is 244 g/mol. The van der Waals surface area contributed by atoms with Crippen LogP contribution in [0.25, 0.3) is 0 Å². The first-order chi connectivity index (χ1) is 9.31. The Balaban J connectivity index is 1.65. The first-order valence-electron chi connectivity index (χ1n) is 6.35. The SMILES string of the molecule is Cc1nc(CN2CCO[C@H](c3ccccn3)C2)no1. The number of nitrogens with zero attached hydrogens (tertiary/aromatic N) is 4. The summed E-state index contributed by atoms with van der Waals surface area (Å²) >= 11 is 0. The van der Waals surface area contributed by atoms with E-state index in [1.54, 1.807) is 13.1 Å². The van der Waals surface area contributed by atoms with Crippen molar-refractivity contribution in [2.75, 3.05) is 19.7 Å². The molecule has 0 unspecified atom stereocenters. The number of morpholine rings is 1. The smallest absolute Gasteiger partial charge is 0.223 e. The van der Waals surface area contributed by atoms with Crippen LogP contribution in [0.4, 0.5) is 0 Å². The van der Waals surface area contributed by atoms with Crippen LogP contribution in [0.1, 0.15) is 23.5 Å². The summed E-state index contributed by atoms with van der Waals surface area (Å²) in [5.41, 5.74) is 0.969. The molecule has 1 fully saturated rings. The van der Waals surface area contributed by atoms with Crippen LogP contribution in [-0.2, 0) is 11.3 Å². The molecule has 1 atom stereocenters. The van der Waals surface area contributed by atoms with Crippen molar-refractivity contribution >= 4 is 0 Å². The molecule has 6 nitrogen and oxygen atoms in total. The Kier molecular flexibility index (Phi) is 3.52. The van der Waals surface area contributed by atoms with E-state index in [0.717, 1.165) is 24.6 Å². The molecule has 19 heavy (non-hydrogen) atoms. The molecule has 2 aromatic heterocycles. The van der Waals surface area contributed by atoms with E-state index in [9.17, 15) is 0 Å². The highest BCUT2D eigenvalue weighted by Gasteiger charge is 2.23. The second kappa shape index (κ2) is 5.46. The monoisotopic (exact) mass is 260 g/mol. The molecule has 3 heterocycles. The van der Waals surface area contributed by atoms with Gasteiger partial charge < -0.3 is 9.26 Å². The van der Waals surface area contributed by atoms with Crippen molar-refractivity contribution in [3.63, 3.8) is 0 Å². The fourth-order valence-corrected chi connectivity index (χ4v) is 2.20. The summed E-state index contributed by atoms with van der Waals surface area (Å²) in [7, 11) is 0. The van der Waals surface area contributed by atoms with Gasteiger partial charge in [-0.25, -0.2) is 0 Å². The van der Waals surface area contributed by atoms with Crippen LogP contribution in [0, 0.1) is 6.92 Å². The van der Waals surface area contributed by atoms with E-state index in [1.165, 1.54) is 0 Å². The fourth-order valence-electron chi connectivity index (χ4n) is 2.20. The van der Waals surface area contributed by atoms with Crippen molar-refractivity contribution in [1.82, 2.24) is 20.0 Å². The summed E-state index contributed by atoms with van der Waals surface area (Å²) in [5, 5.41) is 3.92. The standard InChI is InChI=1S/C13H16N4O2/c1-10-15-13(16-19-10)9-17-6-7-18-12(8-17)11-4-2-3-5-14-11/h2-5,12H,6-9H2,1H3/t12-/m0/s1. The van der Waals surface area contributed by atoms with Crippen LogP contribution < -0.4 is 0 Å². The Bertz CT molecular complexity index is 528. The Morgan fingerprint density at radius 2 is 2.37 bits per heavy atom. The van der Waals surface area contributed by atoms with Gasteiger partial charge >= 0.3 is 0 Å². The zero-order valence-electron chi connectivity index (χ0n) is 10.8. The molecule has 0 amide bonds. The van der Waals surface area contributed by atoms with Crippen LogP contribution in [0.5, 0.6) is 0 Å². The van der Waals surface area contributed by atoms with Gasteiger partial charge in [0, 0.05) is 26.2 Å². The lowest BCUT2D eigenvalue weighted by Crippen LogP contribution is -2.38. The number of aromatic nitrogens is 3. The van der Waals surface area contributed by atoms with Gasteiger partial charge in [-0.1, -0.05) is 11.2 Å². The minimum Gasteiger partial charge on any atom is -0.369 e. The molecule has 0 spiro atoms. The summed E-state index contributed by atoms with van der Waals surface area (Å²) in [6.45, 7) is 4.84.